The smallest absolute Gasteiger partial charge is 0.339 e. The molecule has 4 rings (SSSR count). The van der Waals surface area contributed by atoms with Gasteiger partial charge in [0.15, 0.2) is 5.76 Å². The number of para-hydroxylation sites is 1. The van der Waals surface area contributed by atoms with Gasteiger partial charge in [-0.15, -0.1) is 11.3 Å². The first-order valence-corrected chi connectivity index (χ1v) is 8.84. The third-order valence-corrected chi connectivity index (χ3v) is 4.87. The van der Waals surface area contributed by atoms with E-state index in [0.29, 0.717) is 22.5 Å². The number of anilines is 1. The SMILES string of the molecule is Cc1ncc(-c2csc(NC(=O)c3cc4ccccc4o3)c2C(=O)O)cn1. The number of nitrogens with zero attached hydrogens (tertiary/aromatic N) is 2. The van der Waals surface area contributed by atoms with Gasteiger partial charge in [-0.05, 0) is 19.1 Å². The first-order chi connectivity index (χ1) is 13.0. The highest BCUT2D eigenvalue weighted by atomic mass is 32.1. The molecule has 0 aliphatic carbocycles. The molecule has 0 unspecified atom stereocenters. The average Bonchev–Trinajstić information content (AvgIpc) is 3.26. The quantitative estimate of drug-likeness (QED) is 0.550. The highest BCUT2D eigenvalue weighted by Gasteiger charge is 2.23. The van der Waals surface area contributed by atoms with E-state index in [1.54, 1.807) is 36.8 Å². The Morgan fingerprint density at radius 2 is 1.93 bits per heavy atom. The molecule has 3 heterocycles. The Hall–Kier alpha value is -3.52. The Balaban J connectivity index is 1.68. The van der Waals surface area contributed by atoms with Gasteiger partial charge < -0.3 is 14.8 Å². The number of hydrogen-bond donors (Lipinski definition) is 2. The summed E-state index contributed by atoms with van der Waals surface area (Å²) in [6.07, 6.45) is 3.11. The van der Waals surface area contributed by atoms with E-state index in [1.807, 2.05) is 18.2 Å². The number of benzene rings is 1. The van der Waals surface area contributed by atoms with Crippen LogP contribution in [0.1, 0.15) is 26.7 Å². The number of amides is 1. The van der Waals surface area contributed by atoms with Gasteiger partial charge in [0, 0.05) is 34.3 Å². The lowest BCUT2D eigenvalue weighted by molar-refractivity contribution is 0.0699. The van der Waals surface area contributed by atoms with Crippen LogP contribution >= 0.6 is 11.3 Å². The van der Waals surface area contributed by atoms with Crippen LogP contribution in [0.4, 0.5) is 5.00 Å². The van der Waals surface area contributed by atoms with Crippen LogP contribution in [-0.4, -0.2) is 27.0 Å². The molecule has 0 atom stereocenters. The van der Waals surface area contributed by atoms with Crippen LogP contribution in [0.25, 0.3) is 22.1 Å². The van der Waals surface area contributed by atoms with E-state index in [4.69, 9.17) is 4.42 Å². The highest BCUT2D eigenvalue weighted by molar-refractivity contribution is 7.15. The first-order valence-electron chi connectivity index (χ1n) is 7.96. The lowest BCUT2D eigenvalue weighted by atomic mass is 10.1. The van der Waals surface area contributed by atoms with Crippen LogP contribution in [0, 0.1) is 6.92 Å². The molecule has 27 heavy (non-hydrogen) atoms. The Labute approximate surface area is 157 Å². The van der Waals surface area contributed by atoms with Crippen molar-refractivity contribution in [3.63, 3.8) is 0 Å². The van der Waals surface area contributed by atoms with Crippen molar-refractivity contribution in [3.8, 4) is 11.1 Å². The number of hydrogen-bond acceptors (Lipinski definition) is 6. The molecule has 134 valence electrons. The van der Waals surface area contributed by atoms with Crippen molar-refractivity contribution in [2.75, 3.05) is 5.32 Å². The van der Waals surface area contributed by atoms with Gasteiger partial charge >= 0.3 is 5.97 Å². The van der Waals surface area contributed by atoms with E-state index >= 15 is 0 Å². The maximum atomic E-state index is 12.5. The molecule has 2 N–H and O–H groups in total. The summed E-state index contributed by atoms with van der Waals surface area (Å²) in [5.74, 6) is -0.959. The average molecular weight is 379 g/mol. The number of aryl methyl sites for hydroxylation is 1. The number of carbonyl (C=O) groups excluding carboxylic acids is 1. The number of nitrogens with one attached hydrogen (secondary N) is 1. The zero-order valence-electron chi connectivity index (χ0n) is 14.1. The van der Waals surface area contributed by atoms with E-state index < -0.39 is 11.9 Å². The molecular weight excluding hydrogens is 366 g/mol. The fourth-order valence-corrected chi connectivity index (χ4v) is 3.62. The van der Waals surface area contributed by atoms with E-state index in [-0.39, 0.29) is 16.3 Å². The Kier molecular flexibility index (Phi) is 4.17. The van der Waals surface area contributed by atoms with Crippen molar-refractivity contribution >= 4 is 39.2 Å². The molecule has 0 spiro atoms. The molecule has 0 aliphatic rings. The normalized spacial score (nSPS) is 10.9. The number of furan rings is 1. The minimum atomic E-state index is -1.15. The van der Waals surface area contributed by atoms with Crippen LogP contribution in [0.15, 0.2) is 52.5 Å². The van der Waals surface area contributed by atoms with E-state index in [0.717, 1.165) is 16.7 Å². The standard InChI is InChI=1S/C19H13N3O4S/c1-10-20-7-12(8-21-10)13-9-27-18(16(13)19(24)25)22-17(23)15-6-11-4-2-3-5-14(11)26-15/h2-9H,1H3,(H,22,23)(H,24,25). The summed E-state index contributed by atoms with van der Waals surface area (Å²) in [7, 11) is 0. The molecule has 0 saturated heterocycles. The van der Waals surface area contributed by atoms with Crippen LogP contribution in [0.5, 0.6) is 0 Å². The molecule has 8 heteroatoms. The molecule has 1 amide bonds. The second-order valence-electron chi connectivity index (χ2n) is 5.78. The predicted molar refractivity (Wildman–Crippen MR) is 101 cm³/mol. The second-order valence-corrected chi connectivity index (χ2v) is 6.66. The Morgan fingerprint density at radius 3 is 2.63 bits per heavy atom. The van der Waals surface area contributed by atoms with Gasteiger partial charge in [0.2, 0.25) is 0 Å². The summed E-state index contributed by atoms with van der Waals surface area (Å²) < 4.78 is 5.53. The molecule has 0 bridgehead atoms. The molecule has 7 nitrogen and oxygen atoms in total. The predicted octanol–water partition coefficient (Wildman–Crippen LogP) is 4.21. The van der Waals surface area contributed by atoms with Gasteiger partial charge in [-0.25, -0.2) is 14.8 Å². The summed E-state index contributed by atoms with van der Waals surface area (Å²) in [5, 5.41) is 15.0. The zero-order valence-corrected chi connectivity index (χ0v) is 14.9. The molecule has 0 saturated carbocycles. The Bertz CT molecular complexity index is 1130. The molecule has 3 aromatic heterocycles. The van der Waals surface area contributed by atoms with Gasteiger partial charge in [0.1, 0.15) is 22.0 Å². The molecule has 0 radical (unpaired) electrons. The van der Waals surface area contributed by atoms with Crippen LogP contribution in [-0.2, 0) is 0 Å². The van der Waals surface area contributed by atoms with Crippen molar-refractivity contribution in [2.45, 2.75) is 6.92 Å². The van der Waals surface area contributed by atoms with Gasteiger partial charge in [0.25, 0.3) is 5.91 Å². The van der Waals surface area contributed by atoms with E-state index in [2.05, 4.69) is 15.3 Å². The van der Waals surface area contributed by atoms with E-state index in [9.17, 15) is 14.7 Å². The number of carboxylic acids is 1. The maximum Gasteiger partial charge on any atom is 0.339 e. The van der Waals surface area contributed by atoms with Crippen LogP contribution in [0.2, 0.25) is 0 Å². The van der Waals surface area contributed by atoms with Gasteiger partial charge in [-0.3, -0.25) is 4.79 Å². The van der Waals surface area contributed by atoms with Gasteiger partial charge in [-0.1, -0.05) is 18.2 Å². The molecule has 0 aliphatic heterocycles. The van der Waals surface area contributed by atoms with Gasteiger partial charge in [-0.2, -0.15) is 0 Å². The van der Waals surface area contributed by atoms with Crippen molar-refractivity contribution < 1.29 is 19.1 Å². The molecule has 4 aromatic rings. The van der Waals surface area contributed by atoms with Crippen molar-refractivity contribution in [1.29, 1.82) is 0 Å². The Morgan fingerprint density at radius 1 is 1.19 bits per heavy atom. The second kappa shape index (κ2) is 6.65. The number of carboxylic acid groups (broad SMARTS) is 1. The van der Waals surface area contributed by atoms with Crippen LogP contribution in [0.3, 0.4) is 0 Å². The third kappa shape index (κ3) is 3.18. The van der Waals surface area contributed by atoms with Crippen molar-refractivity contribution in [2.24, 2.45) is 0 Å². The maximum absolute atomic E-state index is 12.5. The fourth-order valence-electron chi connectivity index (χ4n) is 2.66. The largest absolute Gasteiger partial charge is 0.478 e. The summed E-state index contributed by atoms with van der Waals surface area (Å²) in [6, 6.07) is 8.87. The zero-order chi connectivity index (χ0) is 19.0. The lowest BCUT2D eigenvalue weighted by Gasteiger charge is -2.04. The van der Waals surface area contributed by atoms with E-state index in [1.165, 1.54) is 0 Å². The number of aromatic nitrogens is 2. The van der Waals surface area contributed by atoms with Crippen LogP contribution < -0.4 is 5.32 Å². The molecule has 1 aromatic carbocycles. The summed E-state index contributed by atoms with van der Waals surface area (Å²) >= 11 is 1.12. The number of fused-ring (bicyclic) bond motifs is 1. The van der Waals surface area contributed by atoms with Crippen molar-refractivity contribution in [3.05, 3.63) is 65.3 Å². The summed E-state index contributed by atoms with van der Waals surface area (Å²) in [5.41, 5.74) is 1.60. The number of aromatic carboxylic acids is 1. The summed E-state index contributed by atoms with van der Waals surface area (Å²) in [6.45, 7) is 1.74. The summed E-state index contributed by atoms with van der Waals surface area (Å²) in [4.78, 5) is 32.5. The number of carbonyl (C=O) groups is 2. The highest BCUT2D eigenvalue weighted by Crippen LogP contribution is 2.35. The van der Waals surface area contributed by atoms with Crippen molar-refractivity contribution in [1.82, 2.24) is 9.97 Å². The number of rotatable bonds is 4. The minimum Gasteiger partial charge on any atom is -0.478 e. The topological polar surface area (TPSA) is 105 Å². The fraction of sp³-hybridized carbons (Fsp3) is 0.0526. The first kappa shape index (κ1) is 16.9. The molecule has 0 fully saturated rings. The van der Waals surface area contributed by atoms with Gasteiger partial charge in [0.05, 0.1) is 0 Å². The molecular formula is C19H13N3O4S. The monoisotopic (exact) mass is 379 g/mol. The lowest BCUT2D eigenvalue weighted by Crippen LogP contribution is -2.12. The third-order valence-electron chi connectivity index (χ3n) is 3.97. The number of thiophene rings is 1. The minimum absolute atomic E-state index is 0.00286.